The van der Waals surface area contributed by atoms with Gasteiger partial charge in [-0.25, -0.2) is 9.67 Å². The van der Waals surface area contributed by atoms with Crippen LogP contribution < -0.4 is 5.32 Å². The highest BCUT2D eigenvalue weighted by molar-refractivity contribution is 7.13. The number of hydrogen-bond donors (Lipinski definition) is 1. The van der Waals surface area contributed by atoms with Gasteiger partial charge >= 0.3 is 0 Å². The van der Waals surface area contributed by atoms with Crippen LogP contribution in [0.3, 0.4) is 0 Å². The summed E-state index contributed by atoms with van der Waals surface area (Å²) in [6.07, 6.45) is 1.71. The van der Waals surface area contributed by atoms with Gasteiger partial charge in [0, 0.05) is 32.2 Å². The van der Waals surface area contributed by atoms with Gasteiger partial charge in [0.2, 0.25) is 0 Å². The number of nitrogens with zero attached hydrogens (tertiary/aromatic N) is 4. The first-order valence-electron chi connectivity index (χ1n) is 10.4. The molecule has 4 aromatic rings. The molecule has 0 radical (unpaired) electrons. The molecule has 8 heteroatoms. The molecule has 0 saturated carbocycles. The smallest absolute Gasteiger partial charge is 0.253 e. The molecular formula is C24H25N5O2S. The Kier molecular flexibility index (Phi) is 6.05. The van der Waals surface area contributed by atoms with Crippen molar-refractivity contribution in [1.29, 1.82) is 0 Å². The molecule has 0 unspecified atom stereocenters. The van der Waals surface area contributed by atoms with Crippen molar-refractivity contribution < 1.29 is 9.59 Å². The van der Waals surface area contributed by atoms with Gasteiger partial charge in [0.05, 0.1) is 27.7 Å². The first-order chi connectivity index (χ1) is 15.3. The zero-order valence-corrected chi connectivity index (χ0v) is 19.3. The molecule has 0 atom stereocenters. The molecule has 0 aliphatic heterocycles. The van der Waals surface area contributed by atoms with Gasteiger partial charge in [-0.2, -0.15) is 5.10 Å². The Morgan fingerprint density at radius 3 is 2.53 bits per heavy atom. The van der Waals surface area contributed by atoms with E-state index in [0.717, 1.165) is 21.5 Å². The average Bonchev–Trinajstić information content (AvgIpc) is 3.46. The van der Waals surface area contributed by atoms with E-state index in [1.807, 2.05) is 54.2 Å². The monoisotopic (exact) mass is 447 g/mol. The summed E-state index contributed by atoms with van der Waals surface area (Å²) in [6.45, 7) is 4.43. The van der Waals surface area contributed by atoms with E-state index in [-0.39, 0.29) is 17.9 Å². The number of aromatic nitrogens is 3. The number of amides is 2. The highest BCUT2D eigenvalue weighted by Crippen LogP contribution is 2.29. The maximum absolute atomic E-state index is 13.2. The maximum atomic E-state index is 13.2. The number of rotatable bonds is 6. The standard InChI is InChI=1S/C24H25N5O2S/c1-15(2)29-22-19(14-26-29)18(12-20(27-22)21-6-5-11-32-21)23(30)25-13-16-7-9-17(10-8-16)24(31)28(3)4/h5-12,14-15H,13H2,1-4H3,(H,25,30). The van der Waals surface area contributed by atoms with Crippen molar-refractivity contribution in [2.24, 2.45) is 0 Å². The van der Waals surface area contributed by atoms with Gasteiger partial charge in [0.25, 0.3) is 11.8 Å². The van der Waals surface area contributed by atoms with Crippen molar-refractivity contribution in [3.8, 4) is 10.6 Å². The van der Waals surface area contributed by atoms with E-state index in [4.69, 9.17) is 4.98 Å². The van der Waals surface area contributed by atoms with Crippen molar-refractivity contribution in [2.75, 3.05) is 14.1 Å². The van der Waals surface area contributed by atoms with E-state index >= 15 is 0 Å². The average molecular weight is 448 g/mol. The molecule has 0 bridgehead atoms. The lowest BCUT2D eigenvalue weighted by molar-refractivity contribution is 0.0827. The van der Waals surface area contributed by atoms with Crippen LogP contribution in [-0.4, -0.2) is 45.6 Å². The zero-order valence-electron chi connectivity index (χ0n) is 18.5. The van der Waals surface area contributed by atoms with Crippen LogP contribution in [0.25, 0.3) is 21.6 Å². The summed E-state index contributed by atoms with van der Waals surface area (Å²) in [7, 11) is 3.44. The molecule has 7 nitrogen and oxygen atoms in total. The predicted molar refractivity (Wildman–Crippen MR) is 127 cm³/mol. The topological polar surface area (TPSA) is 80.1 Å². The zero-order chi connectivity index (χ0) is 22.8. The maximum Gasteiger partial charge on any atom is 0.253 e. The molecule has 2 amide bonds. The van der Waals surface area contributed by atoms with E-state index in [0.29, 0.717) is 23.3 Å². The third-order valence-electron chi connectivity index (χ3n) is 5.13. The Labute approximate surface area is 190 Å². The number of fused-ring (bicyclic) bond motifs is 1. The third-order valence-corrected chi connectivity index (χ3v) is 6.03. The Hall–Kier alpha value is -3.52. The number of benzene rings is 1. The quantitative estimate of drug-likeness (QED) is 0.476. The summed E-state index contributed by atoms with van der Waals surface area (Å²) in [4.78, 5) is 32.5. The van der Waals surface area contributed by atoms with Crippen molar-refractivity contribution in [3.05, 3.63) is 70.7 Å². The fraction of sp³-hybridized carbons (Fsp3) is 0.250. The molecule has 32 heavy (non-hydrogen) atoms. The van der Waals surface area contributed by atoms with Crippen LogP contribution in [0.15, 0.2) is 54.0 Å². The van der Waals surface area contributed by atoms with E-state index in [1.165, 1.54) is 4.90 Å². The summed E-state index contributed by atoms with van der Waals surface area (Å²) in [5.74, 6) is -0.241. The minimum atomic E-state index is -0.188. The molecule has 0 aliphatic carbocycles. The lowest BCUT2D eigenvalue weighted by atomic mass is 10.1. The van der Waals surface area contributed by atoms with Crippen molar-refractivity contribution in [3.63, 3.8) is 0 Å². The van der Waals surface area contributed by atoms with Crippen LogP contribution in [0, 0.1) is 0 Å². The van der Waals surface area contributed by atoms with Crippen LogP contribution in [0.5, 0.6) is 0 Å². The SMILES string of the molecule is CC(C)n1ncc2c(C(=O)NCc3ccc(C(=O)N(C)C)cc3)cc(-c3cccs3)nc21. The van der Waals surface area contributed by atoms with E-state index in [1.54, 1.807) is 43.8 Å². The van der Waals surface area contributed by atoms with Crippen LogP contribution >= 0.6 is 11.3 Å². The summed E-state index contributed by atoms with van der Waals surface area (Å²) in [6, 6.07) is 13.2. The van der Waals surface area contributed by atoms with Gasteiger partial charge in [-0.1, -0.05) is 18.2 Å². The minimum absolute atomic E-state index is 0.0527. The number of carbonyl (C=O) groups excluding carboxylic acids is 2. The number of carbonyl (C=O) groups is 2. The highest BCUT2D eigenvalue weighted by Gasteiger charge is 2.19. The van der Waals surface area contributed by atoms with Gasteiger partial charge in [0.1, 0.15) is 0 Å². The molecule has 0 saturated heterocycles. The van der Waals surface area contributed by atoms with Gasteiger partial charge in [-0.15, -0.1) is 11.3 Å². The first-order valence-corrected chi connectivity index (χ1v) is 11.2. The van der Waals surface area contributed by atoms with Gasteiger partial charge < -0.3 is 10.2 Å². The Balaban J connectivity index is 1.61. The van der Waals surface area contributed by atoms with E-state index in [2.05, 4.69) is 10.4 Å². The lowest BCUT2D eigenvalue weighted by Gasteiger charge is -2.12. The highest BCUT2D eigenvalue weighted by atomic mass is 32.1. The molecule has 0 fully saturated rings. The van der Waals surface area contributed by atoms with Crippen LogP contribution in [0.2, 0.25) is 0 Å². The number of pyridine rings is 1. The molecule has 3 heterocycles. The van der Waals surface area contributed by atoms with Crippen molar-refractivity contribution in [1.82, 2.24) is 25.0 Å². The molecule has 164 valence electrons. The Bertz CT molecular complexity index is 1260. The fourth-order valence-corrected chi connectivity index (χ4v) is 4.12. The summed E-state index contributed by atoms with van der Waals surface area (Å²) >= 11 is 1.58. The van der Waals surface area contributed by atoms with Gasteiger partial charge in [-0.3, -0.25) is 9.59 Å². The Morgan fingerprint density at radius 2 is 1.91 bits per heavy atom. The fourth-order valence-electron chi connectivity index (χ4n) is 3.44. The normalized spacial score (nSPS) is 11.2. The molecule has 0 aliphatic rings. The van der Waals surface area contributed by atoms with Crippen LogP contribution in [0.1, 0.15) is 46.2 Å². The number of hydrogen-bond acceptors (Lipinski definition) is 5. The third kappa shape index (κ3) is 4.27. The first kappa shape index (κ1) is 21.7. The second-order valence-electron chi connectivity index (χ2n) is 8.03. The molecule has 1 aromatic carbocycles. The molecule has 1 N–H and O–H groups in total. The largest absolute Gasteiger partial charge is 0.348 e. The Morgan fingerprint density at radius 1 is 1.16 bits per heavy atom. The van der Waals surface area contributed by atoms with Gasteiger partial charge in [-0.05, 0) is 49.1 Å². The lowest BCUT2D eigenvalue weighted by Crippen LogP contribution is -2.24. The summed E-state index contributed by atoms with van der Waals surface area (Å²) < 4.78 is 1.84. The number of thiophene rings is 1. The summed E-state index contributed by atoms with van der Waals surface area (Å²) in [5, 5.41) is 10.2. The van der Waals surface area contributed by atoms with Crippen LogP contribution in [0.4, 0.5) is 0 Å². The minimum Gasteiger partial charge on any atom is -0.348 e. The van der Waals surface area contributed by atoms with Crippen molar-refractivity contribution in [2.45, 2.75) is 26.4 Å². The predicted octanol–water partition coefficient (Wildman–Crippen LogP) is 4.37. The molecule has 4 rings (SSSR count). The molecule has 0 spiro atoms. The van der Waals surface area contributed by atoms with Crippen LogP contribution in [-0.2, 0) is 6.54 Å². The van der Waals surface area contributed by atoms with E-state index in [9.17, 15) is 9.59 Å². The molecular weight excluding hydrogens is 422 g/mol. The summed E-state index contributed by atoms with van der Waals surface area (Å²) in [5.41, 5.74) is 3.52. The molecule has 3 aromatic heterocycles. The van der Waals surface area contributed by atoms with E-state index < -0.39 is 0 Å². The van der Waals surface area contributed by atoms with Gasteiger partial charge in [0.15, 0.2) is 5.65 Å². The number of nitrogens with one attached hydrogen (secondary N) is 1. The second kappa shape index (κ2) is 8.92. The van der Waals surface area contributed by atoms with Crippen molar-refractivity contribution >= 4 is 34.2 Å². The second-order valence-corrected chi connectivity index (χ2v) is 8.98.